The highest BCUT2D eigenvalue weighted by Gasteiger charge is 2.08. The number of esters is 1. The first-order valence-electron chi connectivity index (χ1n) is 9.40. The first kappa shape index (κ1) is 20.5. The van der Waals surface area contributed by atoms with Gasteiger partial charge in [0.15, 0.2) is 0 Å². The van der Waals surface area contributed by atoms with Crippen molar-refractivity contribution in [3.63, 3.8) is 0 Å². The van der Waals surface area contributed by atoms with Crippen LogP contribution in [0.15, 0.2) is 0 Å². The maximum Gasteiger partial charge on any atom is 0.306 e. The number of hydrogen-bond donors (Lipinski definition) is 0. The van der Waals surface area contributed by atoms with Crippen LogP contribution in [0, 0.1) is 0 Å². The van der Waals surface area contributed by atoms with Crippen molar-refractivity contribution >= 4 is 5.97 Å². The van der Waals surface area contributed by atoms with Gasteiger partial charge < -0.3 is 4.74 Å². The molecule has 0 radical (unpaired) electrons. The van der Waals surface area contributed by atoms with Crippen LogP contribution in [0.25, 0.3) is 0 Å². The highest BCUT2D eigenvalue weighted by atomic mass is 16.5. The Morgan fingerprint density at radius 1 is 0.762 bits per heavy atom. The lowest BCUT2D eigenvalue weighted by atomic mass is 10.0. The van der Waals surface area contributed by atoms with Gasteiger partial charge in [0.25, 0.3) is 0 Å². The van der Waals surface area contributed by atoms with Gasteiger partial charge in [0.1, 0.15) is 0 Å². The molecule has 0 rings (SSSR count). The van der Waals surface area contributed by atoms with Crippen LogP contribution >= 0.6 is 0 Å². The average molecular weight is 299 g/mol. The van der Waals surface area contributed by atoms with Gasteiger partial charge in [-0.3, -0.25) is 4.79 Å². The molecule has 0 fully saturated rings. The molecule has 0 heterocycles. The molecule has 0 aromatic heterocycles. The van der Waals surface area contributed by atoms with Gasteiger partial charge in [-0.25, -0.2) is 0 Å². The van der Waals surface area contributed by atoms with Crippen molar-refractivity contribution in [2.75, 3.05) is 0 Å². The first-order valence-corrected chi connectivity index (χ1v) is 9.40. The Balaban J connectivity index is 3.24. The molecule has 0 saturated carbocycles. The second-order valence-corrected chi connectivity index (χ2v) is 6.37. The van der Waals surface area contributed by atoms with Crippen LogP contribution in [0.1, 0.15) is 111 Å². The maximum atomic E-state index is 11.5. The highest BCUT2D eigenvalue weighted by Crippen LogP contribution is 2.13. The molecule has 1 atom stereocenters. The Labute approximate surface area is 133 Å². The van der Waals surface area contributed by atoms with E-state index in [-0.39, 0.29) is 12.1 Å². The second kappa shape index (κ2) is 15.9. The molecule has 0 aromatic rings. The molecule has 0 amide bonds. The molecule has 21 heavy (non-hydrogen) atoms. The van der Waals surface area contributed by atoms with Crippen molar-refractivity contribution in [3.8, 4) is 0 Å². The van der Waals surface area contributed by atoms with Gasteiger partial charge in [0, 0.05) is 6.42 Å². The summed E-state index contributed by atoms with van der Waals surface area (Å²) >= 11 is 0. The van der Waals surface area contributed by atoms with Crippen LogP contribution in [-0.4, -0.2) is 12.1 Å². The van der Waals surface area contributed by atoms with E-state index >= 15 is 0 Å². The summed E-state index contributed by atoms with van der Waals surface area (Å²) in [4.78, 5) is 11.5. The lowest BCUT2D eigenvalue weighted by Crippen LogP contribution is -2.14. The highest BCUT2D eigenvalue weighted by molar-refractivity contribution is 5.69. The summed E-state index contributed by atoms with van der Waals surface area (Å²) in [6, 6.07) is 0. The van der Waals surface area contributed by atoms with E-state index < -0.39 is 0 Å². The summed E-state index contributed by atoms with van der Waals surface area (Å²) < 4.78 is 5.40. The van der Waals surface area contributed by atoms with Crippen LogP contribution < -0.4 is 0 Å². The van der Waals surface area contributed by atoms with Crippen LogP contribution in [0.2, 0.25) is 0 Å². The summed E-state index contributed by atoms with van der Waals surface area (Å²) in [6.07, 6.45) is 17.3. The smallest absolute Gasteiger partial charge is 0.306 e. The Hall–Kier alpha value is -0.530. The third-order valence-electron chi connectivity index (χ3n) is 4.03. The molecule has 2 nitrogen and oxygen atoms in total. The SMILES string of the molecule is CCCCCCCCCCCCC(C)OC(=O)CCCC. The quantitative estimate of drug-likeness (QED) is 0.257. The second-order valence-electron chi connectivity index (χ2n) is 6.37. The number of unbranched alkanes of at least 4 members (excludes halogenated alkanes) is 10. The molecule has 0 spiro atoms. The van der Waals surface area contributed by atoms with Gasteiger partial charge in [0.2, 0.25) is 0 Å². The maximum absolute atomic E-state index is 11.5. The lowest BCUT2D eigenvalue weighted by molar-refractivity contribution is -0.148. The summed E-state index contributed by atoms with van der Waals surface area (Å²) in [7, 11) is 0. The monoisotopic (exact) mass is 298 g/mol. The number of rotatable bonds is 15. The van der Waals surface area contributed by atoms with Crippen molar-refractivity contribution in [1.82, 2.24) is 0 Å². The zero-order valence-corrected chi connectivity index (χ0v) is 14.8. The van der Waals surface area contributed by atoms with Crippen molar-refractivity contribution < 1.29 is 9.53 Å². The molecule has 0 saturated heterocycles. The van der Waals surface area contributed by atoms with E-state index in [0.29, 0.717) is 6.42 Å². The van der Waals surface area contributed by atoms with E-state index in [1.807, 2.05) is 6.92 Å². The first-order chi connectivity index (χ1) is 10.2. The minimum atomic E-state index is -0.0172. The molecule has 0 bridgehead atoms. The third-order valence-corrected chi connectivity index (χ3v) is 4.03. The van der Waals surface area contributed by atoms with E-state index in [1.165, 1.54) is 64.2 Å². The fourth-order valence-corrected chi connectivity index (χ4v) is 2.58. The van der Waals surface area contributed by atoms with E-state index in [0.717, 1.165) is 19.3 Å². The Morgan fingerprint density at radius 2 is 1.24 bits per heavy atom. The molecular formula is C19H38O2. The molecule has 1 unspecified atom stereocenters. The molecule has 0 aromatic carbocycles. The summed E-state index contributed by atoms with van der Waals surface area (Å²) in [6.45, 7) is 6.39. The van der Waals surface area contributed by atoms with Gasteiger partial charge in [-0.1, -0.05) is 78.1 Å². The van der Waals surface area contributed by atoms with Crippen LogP contribution in [-0.2, 0) is 9.53 Å². The third kappa shape index (κ3) is 15.7. The van der Waals surface area contributed by atoms with Crippen molar-refractivity contribution in [1.29, 1.82) is 0 Å². The number of hydrogen-bond acceptors (Lipinski definition) is 2. The van der Waals surface area contributed by atoms with Gasteiger partial charge >= 0.3 is 5.97 Å². The normalized spacial score (nSPS) is 12.3. The topological polar surface area (TPSA) is 26.3 Å². The van der Waals surface area contributed by atoms with Crippen molar-refractivity contribution in [2.24, 2.45) is 0 Å². The van der Waals surface area contributed by atoms with Gasteiger partial charge in [0.05, 0.1) is 6.10 Å². The Morgan fingerprint density at radius 3 is 1.76 bits per heavy atom. The average Bonchev–Trinajstić information content (AvgIpc) is 2.47. The van der Waals surface area contributed by atoms with E-state index in [4.69, 9.17) is 4.74 Å². The van der Waals surface area contributed by atoms with Crippen LogP contribution in [0.3, 0.4) is 0 Å². The predicted octanol–water partition coefficient (Wildman–Crippen LogP) is 6.42. The minimum Gasteiger partial charge on any atom is -0.463 e. The fourth-order valence-electron chi connectivity index (χ4n) is 2.58. The molecule has 0 aliphatic heterocycles. The summed E-state index contributed by atoms with van der Waals surface area (Å²) in [5.74, 6) is -0.0172. The largest absolute Gasteiger partial charge is 0.463 e. The standard InChI is InChI=1S/C19H38O2/c1-4-6-8-9-10-11-12-13-14-15-16-18(3)21-19(20)17-7-5-2/h18H,4-17H2,1-3H3. The van der Waals surface area contributed by atoms with Gasteiger partial charge in [-0.15, -0.1) is 0 Å². The fraction of sp³-hybridized carbons (Fsp3) is 0.947. The van der Waals surface area contributed by atoms with E-state index in [9.17, 15) is 4.79 Å². The Kier molecular flexibility index (Phi) is 15.5. The predicted molar refractivity (Wildman–Crippen MR) is 91.5 cm³/mol. The summed E-state index contributed by atoms with van der Waals surface area (Å²) in [5, 5.41) is 0. The van der Waals surface area contributed by atoms with Crippen molar-refractivity contribution in [3.05, 3.63) is 0 Å². The van der Waals surface area contributed by atoms with E-state index in [2.05, 4.69) is 13.8 Å². The molecule has 2 heteroatoms. The molecule has 126 valence electrons. The van der Waals surface area contributed by atoms with Crippen molar-refractivity contribution in [2.45, 2.75) is 117 Å². The molecular weight excluding hydrogens is 260 g/mol. The Bertz CT molecular complexity index is 226. The van der Waals surface area contributed by atoms with E-state index in [1.54, 1.807) is 0 Å². The van der Waals surface area contributed by atoms with Gasteiger partial charge in [-0.2, -0.15) is 0 Å². The zero-order chi connectivity index (χ0) is 15.8. The lowest BCUT2D eigenvalue weighted by Gasteiger charge is -2.12. The number of carbonyl (C=O) groups excluding carboxylic acids is 1. The molecule has 0 N–H and O–H groups in total. The van der Waals surface area contributed by atoms with Gasteiger partial charge in [-0.05, 0) is 26.2 Å². The zero-order valence-electron chi connectivity index (χ0n) is 14.8. The van der Waals surface area contributed by atoms with Crippen LogP contribution in [0.4, 0.5) is 0 Å². The number of ether oxygens (including phenoxy) is 1. The number of carbonyl (C=O) groups is 1. The molecule has 0 aliphatic carbocycles. The minimum absolute atomic E-state index is 0.0172. The summed E-state index contributed by atoms with van der Waals surface area (Å²) in [5.41, 5.74) is 0. The van der Waals surface area contributed by atoms with Crippen LogP contribution in [0.5, 0.6) is 0 Å². The molecule has 0 aliphatic rings.